The van der Waals surface area contributed by atoms with E-state index in [0.717, 1.165) is 0 Å². The second-order valence-corrected chi connectivity index (χ2v) is 3.45. The highest BCUT2D eigenvalue weighted by Gasteiger charge is 2.16. The van der Waals surface area contributed by atoms with Gasteiger partial charge in [0.1, 0.15) is 0 Å². The van der Waals surface area contributed by atoms with Crippen LogP contribution in [-0.4, -0.2) is 43.4 Å². The van der Waals surface area contributed by atoms with Crippen molar-refractivity contribution in [2.24, 2.45) is 5.92 Å². The van der Waals surface area contributed by atoms with Gasteiger partial charge in [-0.25, -0.2) is 0 Å². The largest absolute Gasteiger partial charge is 0.469 e. The Balaban J connectivity index is 3.90. The van der Waals surface area contributed by atoms with E-state index in [1.54, 1.807) is 14.0 Å². The van der Waals surface area contributed by atoms with Crippen LogP contribution in [-0.2, 0) is 14.3 Å². The number of alkyl halides is 1. The van der Waals surface area contributed by atoms with Crippen LogP contribution in [0.1, 0.15) is 13.3 Å². The molecule has 14 heavy (non-hydrogen) atoms. The van der Waals surface area contributed by atoms with Gasteiger partial charge in [0.15, 0.2) is 0 Å². The molecule has 5 heteroatoms. The van der Waals surface area contributed by atoms with Crippen LogP contribution in [0.25, 0.3) is 0 Å². The molecule has 0 radical (unpaired) electrons. The van der Waals surface area contributed by atoms with Gasteiger partial charge >= 0.3 is 5.97 Å². The fourth-order valence-corrected chi connectivity index (χ4v) is 1.05. The summed E-state index contributed by atoms with van der Waals surface area (Å²) >= 11 is 5.54. The van der Waals surface area contributed by atoms with Gasteiger partial charge in [-0.15, -0.1) is 11.6 Å². The summed E-state index contributed by atoms with van der Waals surface area (Å²) in [5, 5.41) is 0. The first kappa shape index (κ1) is 13.2. The quantitative estimate of drug-likeness (QED) is 0.512. The van der Waals surface area contributed by atoms with Gasteiger partial charge in [-0.3, -0.25) is 9.59 Å². The summed E-state index contributed by atoms with van der Waals surface area (Å²) in [4.78, 5) is 23.7. The monoisotopic (exact) mass is 221 g/mol. The summed E-state index contributed by atoms with van der Waals surface area (Å²) < 4.78 is 4.46. The fraction of sp³-hybridized carbons (Fsp3) is 0.778. The summed E-state index contributed by atoms with van der Waals surface area (Å²) in [5.74, 6) is -0.284. The molecule has 0 heterocycles. The Kier molecular flexibility index (Phi) is 6.28. The van der Waals surface area contributed by atoms with E-state index in [2.05, 4.69) is 4.74 Å². The Morgan fingerprint density at radius 2 is 2.07 bits per heavy atom. The minimum Gasteiger partial charge on any atom is -0.469 e. The van der Waals surface area contributed by atoms with E-state index in [-0.39, 0.29) is 24.2 Å². The maximum absolute atomic E-state index is 11.5. The minimum atomic E-state index is -0.317. The molecule has 0 aliphatic rings. The molecule has 0 aromatic carbocycles. The number of rotatable bonds is 5. The zero-order valence-corrected chi connectivity index (χ0v) is 9.50. The van der Waals surface area contributed by atoms with Crippen molar-refractivity contribution in [3.8, 4) is 0 Å². The van der Waals surface area contributed by atoms with E-state index >= 15 is 0 Å². The number of nitrogens with zero attached hydrogens (tertiary/aromatic N) is 1. The van der Waals surface area contributed by atoms with Gasteiger partial charge in [-0.2, -0.15) is 0 Å². The molecule has 0 fully saturated rings. The Hall–Kier alpha value is -0.770. The molecule has 0 aliphatic carbocycles. The Bertz CT molecular complexity index is 208. The molecule has 0 aliphatic heterocycles. The van der Waals surface area contributed by atoms with E-state index in [4.69, 9.17) is 11.6 Å². The van der Waals surface area contributed by atoms with Crippen LogP contribution in [0.15, 0.2) is 0 Å². The highest BCUT2D eigenvalue weighted by atomic mass is 35.5. The molecule has 1 unspecified atom stereocenters. The molecule has 0 spiro atoms. The predicted molar refractivity (Wildman–Crippen MR) is 54.2 cm³/mol. The van der Waals surface area contributed by atoms with Crippen molar-refractivity contribution in [1.82, 2.24) is 4.90 Å². The molecule has 0 bridgehead atoms. The van der Waals surface area contributed by atoms with Crippen molar-refractivity contribution in [3.63, 3.8) is 0 Å². The second kappa shape index (κ2) is 6.65. The van der Waals surface area contributed by atoms with Crippen LogP contribution in [0.4, 0.5) is 0 Å². The van der Waals surface area contributed by atoms with E-state index in [0.29, 0.717) is 12.4 Å². The zero-order chi connectivity index (χ0) is 11.1. The van der Waals surface area contributed by atoms with Crippen molar-refractivity contribution >= 4 is 23.5 Å². The topological polar surface area (TPSA) is 46.6 Å². The Morgan fingerprint density at radius 3 is 2.50 bits per heavy atom. The van der Waals surface area contributed by atoms with Gasteiger partial charge in [-0.1, -0.05) is 6.92 Å². The van der Waals surface area contributed by atoms with Gasteiger partial charge in [0, 0.05) is 25.4 Å². The van der Waals surface area contributed by atoms with Crippen molar-refractivity contribution in [2.75, 3.05) is 26.6 Å². The molecule has 0 aromatic rings. The highest BCUT2D eigenvalue weighted by molar-refractivity contribution is 6.19. The SMILES string of the molecule is COC(=O)CCN(C)C(=O)C(C)CCl. The third kappa shape index (κ3) is 4.46. The first-order valence-electron chi connectivity index (χ1n) is 4.40. The van der Waals surface area contributed by atoms with Crippen molar-refractivity contribution in [3.05, 3.63) is 0 Å². The lowest BCUT2D eigenvalue weighted by molar-refractivity contribution is -0.141. The number of halogens is 1. The molecule has 1 amide bonds. The molecule has 0 saturated carbocycles. The standard InChI is InChI=1S/C9H16ClNO3/c1-7(6-10)9(13)11(2)5-4-8(12)14-3/h7H,4-6H2,1-3H3. The highest BCUT2D eigenvalue weighted by Crippen LogP contribution is 2.03. The maximum Gasteiger partial charge on any atom is 0.307 e. The molecule has 4 nitrogen and oxygen atoms in total. The van der Waals surface area contributed by atoms with E-state index in [9.17, 15) is 9.59 Å². The number of esters is 1. The summed E-state index contributed by atoms with van der Waals surface area (Å²) in [6.45, 7) is 2.12. The molecule has 0 rings (SSSR count). The average molecular weight is 222 g/mol. The Labute approximate surface area is 89.2 Å². The van der Waals surface area contributed by atoms with Gasteiger partial charge < -0.3 is 9.64 Å². The molecule has 1 atom stereocenters. The average Bonchev–Trinajstić information content (AvgIpc) is 2.22. The fourth-order valence-electron chi connectivity index (χ4n) is 0.913. The lowest BCUT2D eigenvalue weighted by atomic mass is 10.2. The lowest BCUT2D eigenvalue weighted by Crippen LogP contribution is -2.34. The number of amides is 1. The van der Waals surface area contributed by atoms with E-state index < -0.39 is 0 Å². The van der Waals surface area contributed by atoms with Crippen molar-refractivity contribution in [1.29, 1.82) is 0 Å². The second-order valence-electron chi connectivity index (χ2n) is 3.14. The Morgan fingerprint density at radius 1 is 1.50 bits per heavy atom. The smallest absolute Gasteiger partial charge is 0.307 e. The van der Waals surface area contributed by atoms with Crippen molar-refractivity contribution in [2.45, 2.75) is 13.3 Å². The summed E-state index contributed by atoms with van der Waals surface area (Å²) in [6, 6.07) is 0. The van der Waals surface area contributed by atoms with Crippen LogP contribution in [0, 0.1) is 5.92 Å². The third-order valence-corrected chi connectivity index (χ3v) is 2.37. The van der Waals surface area contributed by atoms with Crippen LogP contribution >= 0.6 is 11.6 Å². The van der Waals surface area contributed by atoms with Crippen molar-refractivity contribution < 1.29 is 14.3 Å². The number of ether oxygens (including phenoxy) is 1. The number of methoxy groups -OCH3 is 1. The number of hydrogen-bond donors (Lipinski definition) is 0. The van der Waals surface area contributed by atoms with Gasteiger partial charge in [0.25, 0.3) is 0 Å². The van der Waals surface area contributed by atoms with Crippen LogP contribution in [0.5, 0.6) is 0 Å². The normalized spacial score (nSPS) is 12.0. The number of hydrogen-bond acceptors (Lipinski definition) is 3. The number of carbonyl (C=O) groups is 2. The van der Waals surface area contributed by atoms with Crippen LogP contribution in [0.3, 0.4) is 0 Å². The van der Waals surface area contributed by atoms with Gasteiger partial charge in [0.2, 0.25) is 5.91 Å². The first-order chi connectivity index (χ1) is 6.52. The predicted octanol–water partition coefficient (Wildman–Crippen LogP) is 0.883. The maximum atomic E-state index is 11.5. The first-order valence-corrected chi connectivity index (χ1v) is 4.94. The molecule has 0 aromatic heterocycles. The van der Waals surface area contributed by atoms with Gasteiger partial charge in [0.05, 0.1) is 13.5 Å². The van der Waals surface area contributed by atoms with Gasteiger partial charge in [-0.05, 0) is 0 Å². The van der Waals surface area contributed by atoms with Crippen LogP contribution < -0.4 is 0 Å². The zero-order valence-electron chi connectivity index (χ0n) is 8.75. The molecular formula is C9H16ClNO3. The lowest BCUT2D eigenvalue weighted by Gasteiger charge is -2.19. The summed E-state index contributed by atoms with van der Waals surface area (Å²) in [7, 11) is 2.97. The number of carbonyl (C=O) groups excluding carboxylic acids is 2. The van der Waals surface area contributed by atoms with E-state index in [1.807, 2.05) is 0 Å². The van der Waals surface area contributed by atoms with E-state index in [1.165, 1.54) is 12.0 Å². The molecular weight excluding hydrogens is 206 g/mol. The summed E-state index contributed by atoms with van der Waals surface area (Å²) in [6.07, 6.45) is 0.216. The molecule has 0 saturated heterocycles. The summed E-state index contributed by atoms with van der Waals surface area (Å²) in [5.41, 5.74) is 0. The molecule has 0 N–H and O–H groups in total. The van der Waals surface area contributed by atoms with Crippen LogP contribution in [0.2, 0.25) is 0 Å². The minimum absolute atomic E-state index is 0.0519. The third-order valence-electron chi connectivity index (χ3n) is 1.91. The molecule has 82 valence electrons.